The largest absolute Gasteiger partial charge is 0.480 e. The fourth-order valence-electron chi connectivity index (χ4n) is 1.31. The molecular weight excluding hydrogens is 200 g/mol. The van der Waals surface area contributed by atoms with Gasteiger partial charge in [0.05, 0.1) is 12.1 Å². The molecule has 3 N–H and O–H groups in total. The van der Waals surface area contributed by atoms with Crippen molar-refractivity contribution < 1.29 is 14.4 Å². The number of hydrogen-bond acceptors (Lipinski definition) is 4. The van der Waals surface area contributed by atoms with Gasteiger partial charge in [-0.05, 0) is 13.8 Å². The van der Waals surface area contributed by atoms with Crippen LogP contribution in [-0.2, 0) is 17.8 Å². The molecule has 1 atom stereocenters. The van der Waals surface area contributed by atoms with Crippen LogP contribution < -0.4 is 11.3 Å². The molecule has 1 aromatic rings. The lowest BCUT2D eigenvalue weighted by molar-refractivity contribution is -0.138. The van der Waals surface area contributed by atoms with Gasteiger partial charge in [-0.2, -0.15) is 4.74 Å². The van der Waals surface area contributed by atoms with Crippen molar-refractivity contribution in [1.82, 2.24) is 4.74 Å². The van der Waals surface area contributed by atoms with Crippen molar-refractivity contribution >= 4 is 5.97 Å². The van der Waals surface area contributed by atoms with E-state index in [4.69, 9.17) is 15.4 Å². The first-order valence-corrected chi connectivity index (χ1v) is 4.65. The highest BCUT2D eigenvalue weighted by molar-refractivity contribution is 5.73. The fourth-order valence-corrected chi connectivity index (χ4v) is 1.31. The molecule has 0 fully saturated rings. The first kappa shape index (κ1) is 11.5. The molecule has 0 spiro atoms. The van der Waals surface area contributed by atoms with Crippen molar-refractivity contribution in [1.29, 1.82) is 0 Å². The van der Waals surface area contributed by atoms with Gasteiger partial charge in [0.15, 0.2) is 0 Å². The van der Waals surface area contributed by atoms with Crippen LogP contribution in [0.4, 0.5) is 0 Å². The third kappa shape index (κ3) is 2.27. The molecule has 0 amide bonds. The highest BCUT2D eigenvalue weighted by Gasteiger charge is 2.19. The van der Waals surface area contributed by atoms with E-state index in [1.165, 1.54) is 4.74 Å². The minimum atomic E-state index is -1.13. The molecule has 84 valence electrons. The second kappa shape index (κ2) is 4.31. The Morgan fingerprint density at radius 2 is 2.27 bits per heavy atom. The predicted octanol–water partition coefficient (Wildman–Crippen LogP) is -0.276. The van der Waals surface area contributed by atoms with Crippen molar-refractivity contribution in [3.63, 3.8) is 0 Å². The van der Waals surface area contributed by atoms with Crippen LogP contribution in [-0.4, -0.2) is 21.9 Å². The van der Waals surface area contributed by atoms with E-state index in [-0.39, 0.29) is 12.0 Å². The Labute approximate surface area is 86.3 Å². The zero-order valence-electron chi connectivity index (χ0n) is 8.69. The molecule has 0 aliphatic carbocycles. The highest BCUT2D eigenvalue weighted by atomic mass is 16.5. The number of hydrogen-bond donors (Lipinski definition) is 2. The minimum absolute atomic E-state index is 0.00347. The van der Waals surface area contributed by atoms with Gasteiger partial charge in [0.1, 0.15) is 11.8 Å². The number of rotatable bonds is 4. The molecule has 0 aromatic carbocycles. The van der Waals surface area contributed by atoms with E-state index in [9.17, 15) is 9.59 Å². The SMILES string of the molecule is CCn1oc(C)c(CC(N)C(=O)O)c1=O. The summed E-state index contributed by atoms with van der Waals surface area (Å²) in [6.45, 7) is 3.81. The number of aryl methyl sites for hydroxylation is 2. The van der Waals surface area contributed by atoms with Gasteiger partial charge in [-0.25, -0.2) is 0 Å². The van der Waals surface area contributed by atoms with E-state index >= 15 is 0 Å². The number of nitrogens with two attached hydrogens (primary N) is 1. The lowest BCUT2D eigenvalue weighted by Gasteiger charge is -2.02. The monoisotopic (exact) mass is 214 g/mol. The van der Waals surface area contributed by atoms with Gasteiger partial charge in [0.2, 0.25) is 0 Å². The van der Waals surface area contributed by atoms with Crippen molar-refractivity contribution in [3.8, 4) is 0 Å². The molecule has 0 bridgehead atoms. The molecule has 0 aliphatic rings. The second-order valence-electron chi connectivity index (χ2n) is 3.27. The number of carboxylic acid groups (broad SMARTS) is 1. The molecule has 0 aliphatic heterocycles. The maximum atomic E-state index is 11.6. The highest BCUT2D eigenvalue weighted by Crippen LogP contribution is 2.06. The van der Waals surface area contributed by atoms with Gasteiger partial charge in [0.25, 0.3) is 5.56 Å². The van der Waals surface area contributed by atoms with Crippen LogP contribution in [0.3, 0.4) is 0 Å². The summed E-state index contributed by atoms with van der Waals surface area (Å²) in [5, 5.41) is 8.62. The summed E-state index contributed by atoms with van der Waals surface area (Å²) in [5.41, 5.74) is 5.39. The van der Waals surface area contributed by atoms with Crippen molar-refractivity contribution in [3.05, 3.63) is 21.7 Å². The van der Waals surface area contributed by atoms with E-state index < -0.39 is 12.0 Å². The maximum Gasteiger partial charge on any atom is 0.320 e. The van der Waals surface area contributed by atoms with Crippen LogP contribution in [0, 0.1) is 6.92 Å². The zero-order chi connectivity index (χ0) is 11.6. The van der Waals surface area contributed by atoms with E-state index in [1.54, 1.807) is 13.8 Å². The van der Waals surface area contributed by atoms with Crippen molar-refractivity contribution in [2.75, 3.05) is 0 Å². The molecule has 6 nitrogen and oxygen atoms in total. The molecular formula is C9H14N2O4. The quantitative estimate of drug-likeness (QED) is 0.718. The summed E-state index contributed by atoms with van der Waals surface area (Å²) in [6, 6.07) is -1.07. The van der Waals surface area contributed by atoms with E-state index in [1.807, 2.05) is 0 Å². The first-order valence-electron chi connectivity index (χ1n) is 4.65. The number of carboxylic acids is 1. The Morgan fingerprint density at radius 1 is 1.67 bits per heavy atom. The molecule has 0 saturated carbocycles. The molecule has 0 saturated heterocycles. The standard InChI is InChI=1S/C9H14N2O4/c1-3-11-8(12)6(5(2)15-11)4-7(10)9(13)14/h7H,3-4,10H2,1-2H3,(H,13,14). The Kier molecular flexibility index (Phi) is 3.31. The van der Waals surface area contributed by atoms with Crippen LogP contribution in [0.2, 0.25) is 0 Å². The molecule has 1 rings (SSSR count). The summed E-state index contributed by atoms with van der Waals surface area (Å²) in [4.78, 5) is 22.1. The number of aromatic nitrogens is 1. The van der Waals surface area contributed by atoms with E-state index in [0.29, 0.717) is 17.9 Å². The fraction of sp³-hybridized carbons (Fsp3) is 0.556. The van der Waals surface area contributed by atoms with Crippen LogP contribution >= 0.6 is 0 Å². The lowest BCUT2D eigenvalue weighted by Crippen LogP contribution is -2.34. The van der Waals surface area contributed by atoms with Crippen molar-refractivity contribution in [2.24, 2.45) is 5.73 Å². The molecule has 0 radical (unpaired) electrons. The van der Waals surface area contributed by atoms with Gasteiger partial charge in [-0.1, -0.05) is 0 Å². The Hall–Kier alpha value is -1.56. The molecule has 1 aromatic heterocycles. The third-order valence-electron chi connectivity index (χ3n) is 2.19. The minimum Gasteiger partial charge on any atom is -0.480 e. The van der Waals surface area contributed by atoms with Gasteiger partial charge in [-0.15, -0.1) is 0 Å². The summed E-state index contributed by atoms with van der Waals surface area (Å²) in [6.07, 6.45) is -0.00347. The number of carbonyl (C=O) groups is 1. The smallest absolute Gasteiger partial charge is 0.320 e. The Balaban J connectivity index is 3.00. The van der Waals surface area contributed by atoms with Gasteiger partial charge in [0, 0.05) is 6.42 Å². The van der Waals surface area contributed by atoms with E-state index in [2.05, 4.69) is 0 Å². The van der Waals surface area contributed by atoms with Gasteiger partial charge < -0.3 is 15.4 Å². The number of aliphatic carboxylic acids is 1. The normalized spacial score (nSPS) is 12.7. The number of nitrogens with zero attached hydrogens (tertiary/aromatic N) is 1. The summed E-state index contributed by atoms with van der Waals surface area (Å²) >= 11 is 0. The summed E-state index contributed by atoms with van der Waals surface area (Å²) < 4.78 is 6.31. The van der Waals surface area contributed by atoms with Crippen LogP contribution in [0.5, 0.6) is 0 Å². The zero-order valence-corrected chi connectivity index (χ0v) is 8.69. The predicted molar refractivity (Wildman–Crippen MR) is 52.7 cm³/mol. The lowest BCUT2D eigenvalue weighted by atomic mass is 10.1. The topological polar surface area (TPSA) is 98.5 Å². The third-order valence-corrected chi connectivity index (χ3v) is 2.19. The molecule has 15 heavy (non-hydrogen) atoms. The summed E-state index contributed by atoms with van der Waals surface area (Å²) in [5.74, 6) is -0.698. The molecule has 6 heteroatoms. The second-order valence-corrected chi connectivity index (χ2v) is 3.27. The molecule has 1 unspecified atom stereocenters. The maximum absolute atomic E-state index is 11.6. The van der Waals surface area contributed by atoms with Gasteiger partial charge >= 0.3 is 5.97 Å². The van der Waals surface area contributed by atoms with Crippen LogP contribution in [0.15, 0.2) is 9.32 Å². The van der Waals surface area contributed by atoms with Crippen LogP contribution in [0.25, 0.3) is 0 Å². The van der Waals surface area contributed by atoms with Gasteiger partial charge in [-0.3, -0.25) is 9.59 Å². The first-order chi connectivity index (χ1) is 6.97. The average molecular weight is 214 g/mol. The Bertz CT molecular complexity index is 418. The average Bonchev–Trinajstić information content (AvgIpc) is 2.44. The van der Waals surface area contributed by atoms with Crippen LogP contribution in [0.1, 0.15) is 18.2 Å². The van der Waals surface area contributed by atoms with E-state index in [0.717, 1.165) is 0 Å². The summed E-state index contributed by atoms with van der Waals surface area (Å²) in [7, 11) is 0. The molecule has 1 heterocycles. The van der Waals surface area contributed by atoms with Crippen molar-refractivity contribution in [2.45, 2.75) is 32.9 Å². The Morgan fingerprint density at radius 3 is 2.67 bits per heavy atom.